The van der Waals surface area contributed by atoms with Crippen molar-refractivity contribution in [2.45, 2.75) is 38.7 Å². The van der Waals surface area contributed by atoms with Crippen LogP contribution in [-0.2, 0) is 4.79 Å². The fourth-order valence-electron chi connectivity index (χ4n) is 2.67. The molecule has 0 bridgehead atoms. The lowest BCUT2D eigenvalue weighted by atomic mass is 9.90. The number of alkyl halides is 2. The molecule has 2 unspecified atom stereocenters. The van der Waals surface area contributed by atoms with E-state index in [1.54, 1.807) is 0 Å². The fourth-order valence-corrected chi connectivity index (χ4v) is 2.67. The Bertz CT molecular complexity index is 264. The van der Waals surface area contributed by atoms with Crippen LogP contribution in [0.3, 0.4) is 0 Å². The van der Waals surface area contributed by atoms with Gasteiger partial charge in [-0.05, 0) is 18.8 Å². The van der Waals surface area contributed by atoms with Gasteiger partial charge in [0.05, 0.1) is 13.1 Å². The molecular weight excluding hydrogens is 240 g/mol. The van der Waals surface area contributed by atoms with Crippen LogP contribution in [0.4, 0.5) is 8.78 Å². The van der Waals surface area contributed by atoms with Crippen LogP contribution in [0, 0.1) is 5.92 Å². The van der Waals surface area contributed by atoms with Gasteiger partial charge in [0.25, 0.3) is 6.43 Å². The molecule has 1 saturated heterocycles. The molecule has 1 heterocycles. The van der Waals surface area contributed by atoms with Gasteiger partial charge in [0.2, 0.25) is 5.91 Å². The molecule has 2 atom stereocenters. The predicted octanol–water partition coefficient (Wildman–Crippen LogP) is 0.817. The van der Waals surface area contributed by atoms with E-state index >= 15 is 0 Å². The largest absolute Gasteiger partial charge is 0.369 e. The Balaban J connectivity index is 2.47. The summed E-state index contributed by atoms with van der Waals surface area (Å²) in [6, 6.07) is 0.0312. The van der Waals surface area contributed by atoms with E-state index in [1.165, 1.54) is 0 Å². The number of halogens is 2. The van der Waals surface area contributed by atoms with Gasteiger partial charge in [0.1, 0.15) is 0 Å². The molecule has 1 amide bonds. The summed E-state index contributed by atoms with van der Waals surface area (Å²) in [5.41, 5.74) is 5.19. The number of nitrogens with one attached hydrogen (secondary N) is 1. The molecule has 1 aliphatic heterocycles. The van der Waals surface area contributed by atoms with Crippen LogP contribution in [0.2, 0.25) is 0 Å². The minimum Gasteiger partial charge on any atom is -0.369 e. The Hall–Kier alpha value is -0.750. The van der Waals surface area contributed by atoms with Crippen molar-refractivity contribution in [2.24, 2.45) is 11.7 Å². The lowest BCUT2D eigenvalue weighted by Gasteiger charge is -2.37. The van der Waals surface area contributed by atoms with Gasteiger partial charge in [-0.3, -0.25) is 9.69 Å². The van der Waals surface area contributed by atoms with E-state index in [0.29, 0.717) is 12.5 Å². The van der Waals surface area contributed by atoms with Crippen LogP contribution < -0.4 is 11.1 Å². The van der Waals surface area contributed by atoms with Gasteiger partial charge >= 0.3 is 0 Å². The van der Waals surface area contributed by atoms with Gasteiger partial charge in [-0.15, -0.1) is 0 Å². The molecule has 3 N–H and O–H groups in total. The minimum atomic E-state index is -2.33. The molecule has 4 nitrogen and oxygen atoms in total. The summed E-state index contributed by atoms with van der Waals surface area (Å²) in [6.07, 6.45) is 0.690. The van der Waals surface area contributed by atoms with Crippen molar-refractivity contribution in [3.63, 3.8) is 0 Å². The normalized spacial score (nSPS) is 25.6. The number of piperidine rings is 1. The molecule has 0 aliphatic carbocycles. The molecular formula is C12H23F2N3O. The number of likely N-dealkylation sites (tertiary alicyclic amines) is 1. The highest BCUT2D eigenvalue weighted by Gasteiger charge is 2.27. The molecule has 0 saturated carbocycles. The van der Waals surface area contributed by atoms with Gasteiger partial charge in [-0.2, -0.15) is 0 Å². The van der Waals surface area contributed by atoms with Crippen LogP contribution in [0.5, 0.6) is 0 Å². The van der Waals surface area contributed by atoms with E-state index in [0.717, 1.165) is 25.8 Å². The predicted molar refractivity (Wildman–Crippen MR) is 66.4 cm³/mol. The smallest absolute Gasteiger partial charge is 0.250 e. The SMILES string of the molecule is CCCC1CC(NCC(F)F)CN(CC(N)=O)C1. The number of hydrogen-bond donors (Lipinski definition) is 2. The first-order valence-corrected chi connectivity index (χ1v) is 6.53. The Kier molecular flexibility index (Phi) is 6.49. The summed E-state index contributed by atoms with van der Waals surface area (Å²) in [6.45, 7) is 3.50. The quantitative estimate of drug-likeness (QED) is 0.715. The molecule has 1 aliphatic rings. The highest BCUT2D eigenvalue weighted by Crippen LogP contribution is 2.21. The maximum atomic E-state index is 12.2. The Morgan fingerprint density at radius 2 is 2.22 bits per heavy atom. The molecule has 0 spiro atoms. The summed E-state index contributed by atoms with van der Waals surface area (Å²) in [7, 11) is 0. The van der Waals surface area contributed by atoms with E-state index in [1.807, 2.05) is 4.90 Å². The third-order valence-electron chi connectivity index (χ3n) is 3.25. The fraction of sp³-hybridized carbons (Fsp3) is 0.917. The van der Waals surface area contributed by atoms with Crippen molar-refractivity contribution in [1.29, 1.82) is 0 Å². The summed E-state index contributed by atoms with van der Waals surface area (Å²) >= 11 is 0. The van der Waals surface area contributed by atoms with Crippen LogP contribution in [0.1, 0.15) is 26.2 Å². The lowest BCUT2D eigenvalue weighted by molar-refractivity contribution is -0.119. The zero-order chi connectivity index (χ0) is 13.5. The number of carbonyl (C=O) groups excluding carboxylic acids is 1. The molecule has 0 aromatic rings. The average molecular weight is 263 g/mol. The monoisotopic (exact) mass is 263 g/mol. The Morgan fingerprint density at radius 3 is 2.78 bits per heavy atom. The van der Waals surface area contributed by atoms with Crippen molar-refractivity contribution in [2.75, 3.05) is 26.2 Å². The summed E-state index contributed by atoms with van der Waals surface area (Å²) < 4.78 is 24.4. The molecule has 18 heavy (non-hydrogen) atoms. The minimum absolute atomic E-state index is 0.0312. The standard InChI is InChI=1S/C12H23F2N3O/c1-2-3-9-4-10(16-5-11(13)14)7-17(6-9)8-12(15)18/h9-11,16H,2-8H2,1H3,(H2,15,18). The van der Waals surface area contributed by atoms with Crippen LogP contribution in [0.25, 0.3) is 0 Å². The molecule has 0 aromatic heterocycles. The molecule has 0 radical (unpaired) electrons. The number of rotatable bonds is 7. The highest BCUT2D eigenvalue weighted by atomic mass is 19.3. The second kappa shape index (κ2) is 7.63. The number of primary amides is 1. The first-order chi connectivity index (χ1) is 8.51. The maximum absolute atomic E-state index is 12.2. The summed E-state index contributed by atoms with van der Waals surface area (Å²) in [5, 5.41) is 2.87. The first-order valence-electron chi connectivity index (χ1n) is 6.53. The zero-order valence-electron chi connectivity index (χ0n) is 10.9. The van der Waals surface area contributed by atoms with E-state index in [-0.39, 0.29) is 25.0 Å². The van der Waals surface area contributed by atoms with Crippen LogP contribution in [-0.4, -0.2) is 49.5 Å². The van der Waals surface area contributed by atoms with Gasteiger partial charge < -0.3 is 11.1 Å². The average Bonchev–Trinajstić information content (AvgIpc) is 2.25. The van der Waals surface area contributed by atoms with Gasteiger partial charge in [-0.1, -0.05) is 13.3 Å². The Morgan fingerprint density at radius 1 is 1.50 bits per heavy atom. The van der Waals surface area contributed by atoms with Crippen molar-refractivity contribution >= 4 is 5.91 Å². The zero-order valence-corrected chi connectivity index (χ0v) is 10.9. The number of amides is 1. The molecule has 6 heteroatoms. The van der Waals surface area contributed by atoms with Crippen molar-refractivity contribution in [3.05, 3.63) is 0 Å². The van der Waals surface area contributed by atoms with Gasteiger partial charge in [-0.25, -0.2) is 8.78 Å². The summed E-state index contributed by atoms with van der Waals surface area (Å²) in [4.78, 5) is 12.9. The van der Waals surface area contributed by atoms with E-state index in [9.17, 15) is 13.6 Å². The van der Waals surface area contributed by atoms with Crippen molar-refractivity contribution in [3.8, 4) is 0 Å². The molecule has 0 aromatic carbocycles. The molecule has 106 valence electrons. The molecule has 1 fully saturated rings. The van der Waals surface area contributed by atoms with Crippen molar-refractivity contribution < 1.29 is 13.6 Å². The van der Waals surface area contributed by atoms with Crippen LogP contribution in [0.15, 0.2) is 0 Å². The lowest BCUT2D eigenvalue weighted by Crippen LogP contribution is -2.52. The molecule has 1 rings (SSSR count). The second-order valence-corrected chi connectivity index (χ2v) is 5.05. The van der Waals surface area contributed by atoms with Crippen molar-refractivity contribution in [1.82, 2.24) is 10.2 Å². The van der Waals surface area contributed by atoms with E-state index in [4.69, 9.17) is 5.73 Å². The first kappa shape index (κ1) is 15.3. The third-order valence-corrected chi connectivity index (χ3v) is 3.25. The number of nitrogens with two attached hydrogens (primary N) is 1. The highest BCUT2D eigenvalue weighted by molar-refractivity contribution is 5.75. The second-order valence-electron chi connectivity index (χ2n) is 5.05. The number of carbonyl (C=O) groups is 1. The number of hydrogen-bond acceptors (Lipinski definition) is 3. The number of nitrogens with zero attached hydrogens (tertiary/aromatic N) is 1. The third kappa shape index (κ3) is 5.73. The van der Waals surface area contributed by atoms with E-state index < -0.39 is 6.43 Å². The van der Waals surface area contributed by atoms with Gasteiger partial charge in [0, 0.05) is 19.1 Å². The maximum Gasteiger partial charge on any atom is 0.250 e. The van der Waals surface area contributed by atoms with E-state index in [2.05, 4.69) is 12.2 Å². The topological polar surface area (TPSA) is 58.4 Å². The van der Waals surface area contributed by atoms with Crippen LogP contribution >= 0.6 is 0 Å². The summed E-state index contributed by atoms with van der Waals surface area (Å²) in [5.74, 6) is 0.0954. The Labute approximate surface area is 107 Å². The van der Waals surface area contributed by atoms with Gasteiger partial charge in [0.15, 0.2) is 0 Å².